The van der Waals surface area contributed by atoms with E-state index in [-0.39, 0.29) is 17.9 Å². The quantitative estimate of drug-likeness (QED) is 0.853. The zero-order chi connectivity index (χ0) is 15.5. The summed E-state index contributed by atoms with van der Waals surface area (Å²) in [6, 6.07) is 8.33. The number of alkyl halides is 3. The van der Waals surface area contributed by atoms with E-state index in [1.165, 1.54) is 18.2 Å². The van der Waals surface area contributed by atoms with Crippen molar-refractivity contribution in [1.29, 1.82) is 0 Å². The first-order valence-corrected chi connectivity index (χ1v) is 6.02. The molecule has 1 aromatic heterocycles. The summed E-state index contributed by atoms with van der Waals surface area (Å²) in [7, 11) is 0. The number of nitrogens with one attached hydrogen (secondary N) is 1. The number of benzene rings is 1. The molecule has 112 valence electrons. The van der Waals surface area contributed by atoms with Crippen LogP contribution in [0.3, 0.4) is 0 Å². The third kappa shape index (κ3) is 3.85. The molecule has 0 radical (unpaired) electrons. The van der Waals surface area contributed by atoms with Crippen LogP contribution < -0.4 is 0 Å². The Morgan fingerprint density at radius 2 is 2.05 bits per heavy atom. The maximum absolute atomic E-state index is 12.4. The third-order valence-corrected chi connectivity index (χ3v) is 2.76. The van der Waals surface area contributed by atoms with Gasteiger partial charge in [-0.3, -0.25) is 0 Å². The summed E-state index contributed by atoms with van der Waals surface area (Å²) in [5, 5.41) is 9.17. The highest BCUT2D eigenvalue weighted by Gasteiger charge is 2.39. The van der Waals surface area contributed by atoms with Crippen LogP contribution in [0.1, 0.15) is 27.7 Å². The lowest BCUT2D eigenvalue weighted by molar-refractivity contribution is -0.206. The molecule has 4 nitrogen and oxygen atoms in total. The van der Waals surface area contributed by atoms with Crippen LogP contribution >= 0.6 is 0 Å². The number of aliphatic hydroxyl groups is 1. The van der Waals surface area contributed by atoms with Gasteiger partial charge in [-0.15, -0.1) is 0 Å². The first-order valence-electron chi connectivity index (χ1n) is 6.02. The van der Waals surface area contributed by atoms with Gasteiger partial charge in [0.1, 0.15) is 12.3 Å². The first kappa shape index (κ1) is 15.1. The molecule has 1 heterocycles. The average Bonchev–Trinajstić information content (AvgIpc) is 2.97. The number of aromatic amines is 1. The van der Waals surface area contributed by atoms with Gasteiger partial charge in [-0.25, -0.2) is 4.79 Å². The SMILES string of the molecule is O=C(OCc1cccc(C(O)C(F)(F)F)c1)c1ccc[nH]1. The van der Waals surface area contributed by atoms with Crippen LogP contribution in [-0.2, 0) is 11.3 Å². The molecule has 2 rings (SSSR count). The number of carbonyl (C=O) groups excluding carboxylic acids is 1. The Morgan fingerprint density at radius 1 is 1.29 bits per heavy atom. The molecule has 0 aliphatic rings. The highest BCUT2D eigenvalue weighted by Crippen LogP contribution is 2.32. The second-order valence-corrected chi connectivity index (χ2v) is 4.35. The van der Waals surface area contributed by atoms with Crippen molar-refractivity contribution < 1.29 is 27.8 Å². The minimum atomic E-state index is -4.74. The molecule has 2 N–H and O–H groups in total. The highest BCUT2D eigenvalue weighted by atomic mass is 19.4. The van der Waals surface area contributed by atoms with Gasteiger partial charge in [0.05, 0.1) is 0 Å². The molecular weight excluding hydrogens is 287 g/mol. The number of hydrogen-bond acceptors (Lipinski definition) is 3. The number of halogens is 3. The van der Waals surface area contributed by atoms with E-state index in [9.17, 15) is 23.1 Å². The number of carbonyl (C=O) groups is 1. The molecule has 21 heavy (non-hydrogen) atoms. The van der Waals surface area contributed by atoms with Gasteiger partial charge < -0.3 is 14.8 Å². The van der Waals surface area contributed by atoms with E-state index in [4.69, 9.17) is 4.74 Å². The van der Waals surface area contributed by atoms with Gasteiger partial charge in [0, 0.05) is 6.20 Å². The number of hydrogen-bond donors (Lipinski definition) is 2. The summed E-state index contributed by atoms with van der Waals surface area (Å²) in [6.45, 7) is -0.184. The zero-order valence-electron chi connectivity index (χ0n) is 10.7. The van der Waals surface area contributed by atoms with Crippen LogP contribution in [-0.4, -0.2) is 22.2 Å². The molecular formula is C14H12F3NO3. The minimum Gasteiger partial charge on any atom is -0.456 e. The largest absolute Gasteiger partial charge is 0.456 e. The van der Waals surface area contributed by atoms with Crippen molar-refractivity contribution in [2.75, 3.05) is 0 Å². The molecule has 0 saturated heterocycles. The molecule has 1 atom stereocenters. The fourth-order valence-corrected chi connectivity index (χ4v) is 1.73. The smallest absolute Gasteiger partial charge is 0.418 e. The van der Waals surface area contributed by atoms with E-state index < -0.39 is 18.2 Å². The molecule has 0 amide bonds. The molecule has 0 spiro atoms. The number of aromatic nitrogens is 1. The number of esters is 1. The Labute approximate surface area is 118 Å². The van der Waals surface area contributed by atoms with Crippen LogP contribution in [0, 0.1) is 0 Å². The Hall–Kier alpha value is -2.28. The highest BCUT2D eigenvalue weighted by molar-refractivity contribution is 5.87. The van der Waals surface area contributed by atoms with Crippen molar-refractivity contribution in [2.45, 2.75) is 18.9 Å². The zero-order valence-corrected chi connectivity index (χ0v) is 10.7. The lowest BCUT2D eigenvalue weighted by Gasteiger charge is -2.15. The molecule has 0 saturated carbocycles. The summed E-state index contributed by atoms with van der Waals surface area (Å²) in [5.74, 6) is -0.609. The van der Waals surface area contributed by atoms with Gasteiger partial charge in [-0.2, -0.15) is 13.2 Å². The van der Waals surface area contributed by atoms with E-state index in [1.54, 1.807) is 12.3 Å². The third-order valence-electron chi connectivity index (χ3n) is 2.76. The summed E-state index contributed by atoms with van der Waals surface area (Å²) in [6.07, 6.45) is -5.74. The van der Waals surface area contributed by atoms with Crippen LogP contribution in [0.5, 0.6) is 0 Å². The van der Waals surface area contributed by atoms with E-state index in [1.807, 2.05) is 0 Å². The minimum absolute atomic E-state index is 0.184. The first-order chi connectivity index (χ1) is 9.88. The van der Waals surface area contributed by atoms with Crippen LogP contribution in [0.15, 0.2) is 42.6 Å². The van der Waals surface area contributed by atoms with Gasteiger partial charge in [-0.05, 0) is 29.3 Å². The van der Waals surface area contributed by atoms with Crippen molar-refractivity contribution in [3.8, 4) is 0 Å². The second kappa shape index (κ2) is 6.01. The average molecular weight is 299 g/mol. The standard InChI is InChI=1S/C14H12F3NO3/c15-14(16,17)12(19)10-4-1-3-9(7-10)8-21-13(20)11-5-2-6-18-11/h1-7,12,18-19H,8H2. The summed E-state index contributed by atoms with van der Waals surface area (Å²) >= 11 is 0. The summed E-state index contributed by atoms with van der Waals surface area (Å²) in [5.41, 5.74) is 0.313. The molecule has 1 aromatic carbocycles. The van der Waals surface area contributed by atoms with Crippen molar-refractivity contribution in [1.82, 2.24) is 4.98 Å². The maximum atomic E-state index is 12.4. The number of aliphatic hydroxyl groups excluding tert-OH is 1. The molecule has 0 aliphatic carbocycles. The van der Waals surface area contributed by atoms with Crippen molar-refractivity contribution in [3.63, 3.8) is 0 Å². The lowest BCUT2D eigenvalue weighted by atomic mass is 10.1. The molecule has 2 aromatic rings. The predicted octanol–water partition coefficient (Wildman–Crippen LogP) is 2.97. The topological polar surface area (TPSA) is 62.3 Å². The van der Waals surface area contributed by atoms with Gasteiger partial charge in [0.25, 0.3) is 0 Å². The van der Waals surface area contributed by atoms with E-state index in [0.717, 1.165) is 12.1 Å². The predicted molar refractivity (Wildman–Crippen MR) is 67.4 cm³/mol. The monoisotopic (exact) mass is 299 g/mol. The fraction of sp³-hybridized carbons (Fsp3) is 0.214. The van der Waals surface area contributed by atoms with Crippen molar-refractivity contribution in [2.24, 2.45) is 0 Å². The fourth-order valence-electron chi connectivity index (χ4n) is 1.73. The molecule has 0 aliphatic heterocycles. The molecule has 7 heteroatoms. The summed E-state index contributed by atoms with van der Waals surface area (Å²) < 4.78 is 42.2. The van der Waals surface area contributed by atoms with Crippen molar-refractivity contribution in [3.05, 3.63) is 59.4 Å². The molecule has 0 fully saturated rings. The Kier molecular flexibility index (Phi) is 4.32. The van der Waals surface area contributed by atoms with E-state index in [0.29, 0.717) is 5.56 Å². The van der Waals surface area contributed by atoms with Crippen LogP contribution in [0.2, 0.25) is 0 Å². The molecule has 0 bridgehead atoms. The lowest BCUT2D eigenvalue weighted by Crippen LogP contribution is -2.20. The van der Waals surface area contributed by atoms with Gasteiger partial charge in [0.15, 0.2) is 6.10 Å². The van der Waals surface area contributed by atoms with E-state index >= 15 is 0 Å². The molecule has 1 unspecified atom stereocenters. The second-order valence-electron chi connectivity index (χ2n) is 4.35. The Morgan fingerprint density at radius 3 is 2.67 bits per heavy atom. The van der Waals surface area contributed by atoms with Crippen molar-refractivity contribution >= 4 is 5.97 Å². The van der Waals surface area contributed by atoms with Gasteiger partial charge in [0.2, 0.25) is 0 Å². The Balaban J connectivity index is 2.03. The van der Waals surface area contributed by atoms with Crippen LogP contribution in [0.25, 0.3) is 0 Å². The van der Waals surface area contributed by atoms with Gasteiger partial charge in [-0.1, -0.05) is 18.2 Å². The number of ether oxygens (including phenoxy) is 1. The van der Waals surface area contributed by atoms with Crippen LogP contribution in [0.4, 0.5) is 13.2 Å². The normalized spacial score (nSPS) is 13.0. The van der Waals surface area contributed by atoms with E-state index in [2.05, 4.69) is 4.98 Å². The number of H-pyrrole nitrogens is 1. The van der Waals surface area contributed by atoms with Gasteiger partial charge >= 0.3 is 12.1 Å². The Bertz CT molecular complexity index is 608. The number of rotatable bonds is 4. The summed E-state index contributed by atoms with van der Waals surface area (Å²) in [4.78, 5) is 14.2. The maximum Gasteiger partial charge on any atom is 0.418 e.